The van der Waals surface area contributed by atoms with Crippen LogP contribution in [0.5, 0.6) is 0 Å². The van der Waals surface area contributed by atoms with E-state index in [1.165, 1.54) is 23.3 Å². The van der Waals surface area contributed by atoms with Crippen molar-refractivity contribution in [3.63, 3.8) is 0 Å². The van der Waals surface area contributed by atoms with E-state index in [0.717, 1.165) is 16.5 Å². The normalized spacial score (nSPS) is 12.2. The Hall–Kier alpha value is -1.41. The lowest BCUT2D eigenvalue weighted by Gasteiger charge is -2.10. The number of hydrogen-bond acceptors (Lipinski definition) is 0. The largest absolute Gasteiger partial charge is 0.207 e. The number of rotatable bonds is 3. The van der Waals surface area contributed by atoms with Crippen LogP contribution < -0.4 is 0 Å². The van der Waals surface area contributed by atoms with Gasteiger partial charge in [0.15, 0.2) is 0 Å². The maximum absolute atomic E-state index is 12.9. The van der Waals surface area contributed by atoms with Gasteiger partial charge in [0.05, 0.1) is 0 Å². The SMILES string of the molecule is CCC(=C(Br)c1ccc(F)cc1)c1ccccc1. The third-order valence-electron chi connectivity index (χ3n) is 2.84. The van der Waals surface area contributed by atoms with E-state index in [-0.39, 0.29) is 5.82 Å². The minimum Gasteiger partial charge on any atom is -0.207 e. The molecule has 0 atom stereocenters. The van der Waals surface area contributed by atoms with Gasteiger partial charge < -0.3 is 0 Å². The molecule has 2 rings (SSSR count). The van der Waals surface area contributed by atoms with Crippen LogP contribution in [0.2, 0.25) is 0 Å². The number of hydrogen-bond donors (Lipinski definition) is 0. The lowest BCUT2D eigenvalue weighted by Crippen LogP contribution is -1.87. The average molecular weight is 305 g/mol. The van der Waals surface area contributed by atoms with E-state index >= 15 is 0 Å². The molecule has 0 aliphatic rings. The third kappa shape index (κ3) is 2.88. The van der Waals surface area contributed by atoms with Crippen molar-refractivity contribution in [1.29, 1.82) is 0 Å². The highest BCUT2D eigenvalue weighted by molar-refractivity contribution is 9.15. The Bertz CT molecular complexity index is 541. The second kappa shape index (κ2) is 5.96. The Balaban J connectivity index is 2.47. The Kier molecular flexibility index (Phi) is 4.32. The molecule has 2 aromatic rings. The summed E-state index contributed by atoms with van der Waals surface area (Å²) in [7, 11) is 0. The predicted molar refractivity (Wildman–Crippen MR) is 78.9 cm³/mol. The van der Waals surface area contributed by atoms with Crippen molar-refractivity contribution >= 4 is 26.0 Å². The highest BCUT2D eigenvalue weighted by Gasteiger charge is 2.07. The van der Waals surface area contributed by atoms with Crippen LogP contribution in [0.3, 0.4) is 0 Å². The van der Waals surface area contributed by atoms with Crippen LogP contribution in [-0.4, -0.2) is 0 Å². The fraction of sp³-hybridized carbons (Fsp3) is 0.125. The quantitative estimate of drug-likeness (QED) is 0.657. The van der Waals surface area contributed by atoms with Crippen molar-refractivity contribution in [2.24, 2.45) is 0 Å². The average Bonchev–Trinajstić information content (AvgIpc) is 2.41. The molecule has 0 aromatic heterocycles. The van der Waals surface area contributed by atoms with Crippen molar-refractivity contribution in [3.8, 4) is 0 Å². The molecule has 0 nitrogen and oxygen atoms in total. The van der Waals surface area contributed by atoms with Crippen LogP contribution in [0.1, 0.15) is 24.5 Å². The maximum atomic E-state index is 12.9. The molecule has 18 heavy (non-hydrogen) atoms. The number of allylic oxidation sites excluding steroid dienone is 1. The monoisotopic (exact) mass is 304 g/mol. The predicted octanol–water partition coefficient (Wildman–Crippen LogP) is 5.50. The molecule has 2 aromatic carbocycles. The van der Waals surface area contributed by atoms with Crippen LogP contribution in [0.15, 0.2) is 54.6 Å². The van der Waals surface area contributed by atoms with Gasteiger partial charge in [-0.1, -0.05) is 49.4 Å². The van der Waals surface area contributed by atoms with Crippen molar-refractivity contribution in [2.45, 2.75) is 13.3 Å². The fourth-order valence-electron chi connectivity index (χ4n) is 1.90. The molecule has 0 heterocycles. The van der Waals surface area contributed by atoms with E-state index in [1.807, 2.05) is 18.2 Å². The van der Waals surface area contributed by atoms with E-state index in [0.29, 0.717) is 0 Å². The summed E-state index contributed by atoms with van der Waals surface area (Å²) in [4.78, 5) is 0. The zero-order chi connectivity index (χ0) is 13.0. The van der Waals surface area contributed by atoms with Crippen LogP contribution >= 0.6 is 15.9 Å². The van der Waals surface area contributed by atoms with Gasteiger partial charge in [-0.3, -0.25) is 0 Å². The van der Waals surface area contributed by atoms with E-state index in [9.17, 15) is 4.39 Å². The van der Waals surface area contributed by atoms with Crippen molar-refractivity contribution < 1.29 is 4.39 Å². The summed E-state index contributed by atoms with van der Waals surface area (Å²) in [6, 6.07) is 16.8. The molecule has 0 fully saturated rings. The van der Waals surface area contributed by atoms with Crippen LogP contribution in [0.25, 0.3) is 10.1 Å². The molecular formula is C16H14BrF. The first-order valence-electron chi connectivity index (χ1n) is 5.92. The first kappa shape index (κ1) is 13.0. The molecule has 0 amide bonds. The minimum absolute atomic E-state index is 0.211. The van der Waals surface area contributed by atoms with Gasteiger partial charge in [-0.2, -0.15) is 0 Å². The smallest absolute Gasteiger partial charge is 0.123 e. The van der Waals surface area contributed by atoms with E-state index in [2.05, 4.69) is 35.0 Å². The molecular weight excluding hydrogens is 291 g/mol. The molecule has 0 N–H and O–H groups in total. The van der Waals surface area contributed by atoms with Gasteiger partial charge >= 0.3 is 0 Å². The Morgan fingerprint density at radius 3 is 2.11 bits per heavy atom. The zero-order valence-electron chi connectivity index (χ0n) is 10.2. The van der Waals surface area contributed by atoms with E-state index in [1.54, 1.807) is 12.1 Å². The first-order chi connectivity index (χ1) is 8.72. The van der Waals surface area contributed by atoms with Crippen molar-refractivity contribution in [2.75, 3.05) is 0 Å². The van der Waals surface area contributed by atoms with Crippen LogP contribution in [-0.2, 0) is 0 Å². The Morgan fingerprint density at radius 1 is 0.944 bits per heavy atom. The molecule has 0 radical (unpaired) electrons. The second-order valence-corrected chi connectivity index (χ2v) is 4.81. The molecule has 0 aliphatic carbocycles. The molecule has 0 aliphatic heterocycles. The van der Waals surface area contributed by atoms with Gasteiger partial charge in [-0.15, -0.1) is 0 Å². The summed E-state index contributed by atoms with van der Waals surface area (Å²) in [5, 5.41) is 0. The summed E-state index contributed by atoms with van der Waals surface area (Å²) in [6.07, 6.45) is 0.919. The summed E-state index contributed by atoms with van der Waals surface area (Å²) in [5.74, 6) is -0.211. The summed E-state index contributed by atoms with van der Waals surface area (Å²) in [5.41, 5.74) is 3.41. The minimum atomic E-state index is -0.211. The molecule has 0 saturated heterocycles. The molecule has 92 valence electrons. The summed E-state index contributed by atoms with van der Waals surface area (Å²) in [6.45, 7) is 2.12. The van der Waals surface area contributed by atoms with Gasteiger partial charge in [0.2, 0.25) is 0 Å². The first-order valence-corrected chi connectivity index (χ1v) is 6.71. The van der Waals surface area contributed by atoms with Crippen LogP contribution in [0.4, 0.5) is 4.39 Å². The topological polar surface area (TPSA) is 0 Å². The van der Waals surface area contributed by atoms with Crippen LogP contribution in [0, 0.1) is 5.82 Å². The third-order valence-corrected chi connectivity index (χ3v) is 3.77. The lowest BCUT2D eigenvalue weighted by molar-refractivity contribution is 0.628. The molecule has 0 spiro atoms. The summed E-state index contributed by atoms with van der Waals surface area (Å²) < 4.78 is 13.9. The molecule has 0 saturated carbocycles. The highest BCUT2D eigenvalue weighted by Crippen LogP contribution is 2.33. The molecule has 0 bridgehead atoms. The zero-order valence-corrected chi connectivity index (χ0v) is 11.7. The van der Waals surface area contributed by atoms with Gasteiger partial charge in [0, 0.05) is 4.48 Å². The fourth-order valence-corrected chi connectivity index (χ4v) is 2.67. The van der Waals surface area contributed by atoms with Gasteiger partial charge in [-0.25, -0.2) is 4.39 Å². The van der Waals surface area contributed by atoms with E-state index in [4.69, 9.17) is 0 Å². The summed E-state index contributed by atoms with van der Waals surface area (Å²) >= 11 is 3.63. The van der Waals surface area contributed by atoms with Crippen molar-refractivity contribution in [1.82, 2.24) is 0 Å². The van der Waals surface area contributed by atoms with E-state index < -0.39 is 0 Å². The highest BCUT2D eigenvalue weighted by atomic mass is 79.9. The Labute approximate surface area is 115 Å². The second-order valence-electron chi connectivity index (χ2n) is 4.02. The molecule has 0 unspecified atom stereocenters. The maximum Gasteiger partial charge on any atom is 0.123 e. The lowest BCUT2D eigenvalue weighted by atomic mass is 10.0. The van der Waals surface area contributed by atoms with Gasteiger partial charge in [0.1, 0.15) is 5.82 Å². The number of halogens is 2. The molecule has 2 heteroatoms. The van der Waals surface area contributed by atoms with Gasteiger partial charge in [-0.05, 0) is 51.2 Å². The van der Waals surface area contributed by atoms with Crippen molar-refractivity contribution in [3.05, 3.63) is 71.5 Å². The standard InChI is InChI=1S/C16H14BrF/c1-2-15(12-6-4-3-5-7-12)16(17)13-8-10-14(18)11-9-13/h3-11H,2H2,1H3. The van der Waals surface area contributed by atoms with Gasteiger partial charge in [0.25, 0.3) is 0 Å². The number of benzene rings is 2. The Morgan fingerprint density at radius 2 is 1.56 bits per heavy atom.